The number of nitrogens with one attached hydrogen (secondary N) is 2. The number of halogens is 4. The molecule has 2 aromatic rings. The van der Waals surface area contributed by atoms with Crippen molar-refractivity contribution in [2.45, 2.75) is 13.1 Å². The molecule has 0 radical (unpaired) electrons. The highest BCUT2D eigenvalue weighted by atomic mass is 35.5. The summed E-state index contributed by atoms with van der Waals surface area (Å²) >= 11 is 5.81. The van der Waals surface area contributed by atoms with E-state index < -0.39 is 17.8 Å². The van der Waals surface area contributed by atoms with Gasteiger partial charge in [0.15, 0.2) is 0 Å². The number of alkyl halides is 3. The maximum absolute atomic E-state index is 12.8. The molecule has 128 valence electrons. The van der Waals surface area contributed by atoms with Crippen LogP contribution in [0, 0.1) is 0 Å². The fourth-order valence-corrected chi connectivity index (χ4v) is 2.13. The van der Waals surface area contributed by atoms with Gasteiger partial charge in [-0.25, -0.2) is 4.79 Å². The van der Waals surface area contributed by atoms with E-state index in [2.05, 4.69) is 10.6 Å². The molecule has 24 heavy (non-hydrogen) atoms. The normalized spacial score (nSPS) is 11.0. The zero-order valence-corrected chi connectivity index (χ0v) is 13.3. The van der Waals surface area contributed by atoms with Crippen LogP contribution in [0.25, 0.3) is 0 Å². The lowest BCUT2D eigenvalue weighted by molar-refractivity contribution is -0.137. The predicted octanol–water partition coefficient (Wildman–Crippen LogP) is 5.40. The van der Waals surface area contributed by atoms with Gasteiger partial charge in [-0.3, -0.25) is 0 Å². The van der Waals surface area contributed by atoms with Crippen molar-refractivity contribution >= 4 is 29.0 Å². The van der Waals surface area contributed by atoms with Crippen LogP contribution in [0.4, 0.5) is 29.3 Å². The molecule has 8 heteroatoms. The minimum Gasteiger partial charge on any atom is -0.492 e. The Morgan fingerprint density at radius 2 is 1.92 bits per heavy atom. The van der Waals surface area contributed by atoms with E-state index in [9.17, 15) is 18.0 Å². The van der Waals surface area contributed by atoms with E-state index in [4.69, 9.17) is 16.3 Å². The fourth-order valence-electron chi connectivity index (χ4n) is 1.94. The highest BCUT2D eigenvalue weighted by Crippen LogP contribution is 2.35. The number of rotatable bonds is 4. The van der Waals surface area contributed by atoms with Gasteiger partial charge < -0.3 is 15.4 Å². The number of amides is 2. The third-order valence-electron chi connectivity index (χ3n) is 2.94. The highest BCUT2D eigenvalue weighted by Gasteiger charge is 2.31. The summed E-state index contributed by atoms with van der Waals surface area (Å²) in [6, 6.07) is 8.54. The topological polar surface area (TPSA) is 50.4 Å². The van der Waals surface area contributed by atoms with E-state index >= 15 is 0 Å². The molecule has 0 aliphatic heterocycles. The number of hydrogen-bond acceptors (Lipinski definition) is 2. The van der Waals surface area contributed by atoms with Crippen molar-refractivity contribution in [2.24, 2.45) is 0 Å². The molecular weight excluding hydrogens is 345 g/mol. The Labute approximate surface area is 141 Å². The maximum Gasteiger partial charge on any atom is 0.416 e. The van der Waals surface area contributed by atoms with Crippen LogP contribution < -0.4 is 15.4 Å². The van der Waals surface area contributed by atoms with Gasteiger partial charge in [-0.15, -0.1) is 0 Å². The molecule has 0 saturated carbocycles. The van der Waals surface area contributed by atoms with Gasteiger partial charge in [-0.1, -0.05) is 17.7 Å². The number of ether oxygens (including phenoxy) is 1. The van der Waals surface area contributed by atoms with E-state index in [1.54, 1.807) is 25.1 Å². The standard InChI is InChI=1S/C16H14ClF3N2O2/c1-2-24-14-7-6-10(16(18,19)20)8-13(14)22-15(23)21-12-5-3-4-11(17)9-12/h3-9H,2H2,1H3,(H2,21,22,23). The molecule has 2 amide bonds. The SMILES string of the molecule is CCOc1ccc(C(F)(F)F)cc1NC(=O)Nc1cccc(Cl)c1. The van der Waals surface area contributed by atoms with Crippen LogP contribution in [0.15, 0.2) is 42.5 Å². The highest BCUT2D eigenvalue weighted by molar-refractivity contribution is 6.30. The lowest BCUT2D eigenvalue weighted by atomic mass is 10.2. The van der Waals surface area contributed by atoms with E-state index in [1.807, 2.05) is 0 Å². The lowest BCUT2D eigenvalue weighted by Gasteiger charge is -2.15. The molecule has 0 aliphatic carbocycles. The van der Waals surface area contributed by atoms with Gasteiger partial charge in [0.2, 0.25) is 0 Å². The van der Waals surface area contributed by atoms with Crippen LogP contribution in [-0.4, -0.2) is 12.6 Å². The summed E-state index contributed by atoms with van der Waals surface area (Å²) in [5, 5.41) is 5.26. The van der Waals surface area contributed by atoms with Crippen LogP contribution in [0.2, 0.25) is 5.02 Å². The Morgan fingerprint density at radius 3 is 2.54 bits per heavy atom. The Morgan fingerprint density at radius 1 is 1.17 bits per heavy atom. The molecule has 0 bridgehead atoms. The van der Waals surface area contributed by atoms with Crippen molar-refractivity contribution in [1.29, 1.82) is 0 Å². The van der Waals surface area contributed by atoms with Crippen molar-refractivity contribution in [3.63, 3.8) is 0 Å². The molecular formula is C16H14ClF3N2O2. The Kier molecular flexibility index (Phi) is 5.56. The van der Waals surface area contributed by atoms with Crippen LogP contribution in [-0.2, 0) is 6.18 Å². The van der Waals surface area contributed by atoms with Gasteiger partial charge in [-0.05, 0) is 43.3 Å². The third-order valence-corrected chi connectivity index (χ3v) is 3.17. The molecule has 0 aromatic heterocycles. The number of carbonyl (C=O) groups excluding carboxylic acids is 1. The average Bonchev–Trinajstić information content (AvgIpc) is 2.48. The minimum absolute atomic E-state index is 0.0776. The summed E-state index contributed by atoms with van der Waals surface area (Å²) < 4.78 is 43.7. The van der Waals surface area contributed by atoms with Crippen LogP contribution in [0.5, 0.6) is 5.75 Å². The number of benzene rings is 2. The van der Waals surface area contributed by atoms with E-state index in [0.717, 1.165) is 12.1 Å². The van der Waals surface area contributed by atoms with Crippen molar-refractivity contribution in [3.8, 4) is 5.75 Å². The molecule has 0 atom stereocenters. The van der Waals surface area contributed by atoms with E-state index in [1.165, 1.54) is 12.1 Å². The largest absolute Gasteiger partial charge is 0.492 e. The van der Waals surface area contributed by atoms with Gasteiger partial charge in [-0.2, -0.15) is 13.2 Å². The number of carbonyl (C=O) groups is 1. The molecule has 4 nitrogen and oxygen atoms in total. The summed E-state index contributed by atoms with van der Waals surface area (Å²) in [7, 11) is 0. The van der Waals surface area contributed by atoms with Gasteiger partial charge in [0.05, 0.1) is 17.9 Å². The van der Waals surface area contributed by atoms with Crippen molar-refractivity contribution < 1.29 is 22.7 Å². The van der Waals surface area contributed by atoms with E-state index in [-0.39, 0.29) is 18.0 Å². The molecule has 0 saturated heterocycles. The third kappa shape index (κ3) is 4.79. The fraction of sp³-hybridized carbons (Fsp3) is 0.188. The first-order chi connectivity index (χ1) is 11.3. The second-order valence-electron chi connectivity index (χ2n) is 4.73. The molecule has 0 fully saturated rings. The minimum atomic E-state index is -4.52. The molecule has 0 spiro atoms. The van der Waals surface area contributed by atoms with Gasteiger partial charge in [0.25, 0.3) is 0 Å². The molecule has 0 heterocycles. The molecule has 2 rings (SSSR count). The van der Waals surface area contributed by atoms with Crippen molar-refractivity contribution in [1.82, 2.24) is 0 Å². The number of hydrogen-bond donors (Lipinski definition) is 2. The van der Waals surface area contributed by atoms with Gasteiger partial charge in [0, 0.05) is 10.7 Å². The second-order valence-corrected chi connectivity index (χ2v) is 5.17. The Hall–Kier alpha value is -2.41. The Balaban J connectivity index is 2.21. The molecule has 0 aliphatic rings. The first-order valence-corrected chi connectivity index (χ1v) is 7.35. The predicted molar refractivity (Wildman–Crippen MR) is 86.7 cm³/mol. The molecule has 2 N–H and O–H groups in total. The summed E-state index contributed by atoms with van der Waals surface area (Å²) in [4.78, 5) is 12.0. The van der Waals surface area contributed by atoms with Gasteiger partial charge in [0.1, 0.15) is 5.75 Å². The maximum atomic E-state index is 12.8. The van der Waals surface area contributed by atoms with Crippen LogP contribution >= 0.6 is 11.6 Å². The zero-order valence-electron chi connectivity index (χ0n) is 12.6. The quantitative estimate of drug-likeness (QED) is 0.768. The summed E-state index contributed by atoms with van der Waals surface area (Å²) in [6.07, 6.45) is -4.52. The van der Waals surface area contributed by atoms with Crippen LogP contribution in [0.3, 0.4) is 0 Å². The van der Waals surface area contributed by atoms with Crippen LogP contribution in [0.1, 0.15) is 12.5 Å². The number of anilines is 2. The zero-order chi connectivity index (χ0) is 17.7. The summed E-state index contributed by atoms with van der Waals surface area (Å²) in [5.41, 5.74) is -0.555. The molecule has 0 unspecified atom stereocenters. The van der Waals surface area contributed by atoms with Crippen molar-refractivity contribution in [2.75, 3.05) is 17.2 Å². The lowest BCUT2D eigenvalue weighted by Crippen LogP contribution is -2.20. The summed E-state index contributed by atoms with van der Waals surface area (Å²) in [5.74, 6) is 0.145. The monoisotopic (exact) mass is 358 g/mol. The number of urea groups is 1. The Bertz CT molecular complexity index is 736. The first kappa shape index (κ1) is 17.9. The van der Waals surface area contributed by atoms with Gasteiger partial charge >= 0.3 is 12.2 Å². The molecule has 2 aromatic carbocycles. The smallest absolute Gasteiger partial charge is 0.416 e. The van der Waals surface area contributed by atoms with Crippen molar-refractivity contribution in [3.05, 3.63) is 53.1 Å². The van der Waals surface area contributed by atoms with E-state index in [0.29, 0.717) is 10.7 Å². The first-order valence-electron chi connectivity index (χ1n) is 6.97. The second kappa shape index (κ2) is 7.44. The average molecular weight is 359 g/mol. The summed E-state index contributed by atoms with van der Waals surface area (Å²) in [6.45, 7) is 1.93.